The van der Waals surface area contributed by atoms with Gasteiger partial charge in [-0.05, 0) is 49.2 Å². The van der Waals surface area contributed by atoms with Crippen molar-refractivity contribution in [2.24, 2.45) is 0 Å². The van der Waals surface area contributed by atoms with E-state index in [4.69, 9.17) is 10.4 Å². The lowest BCUT2D eigenvalue weighted by atomic mass is 9.89. The topological polar surface area (TPSA) is 84.6 Å². The highest BCUT2D eigenvalue weighted by Gasteiger charge is 2.48. The van der Waals surface area contributed by atoms with E-state index in [2.05, 4.69) is 0 Å². The molecule has 0 aromatic heterocycles. The molecule has 0 bridgehead atoms. The third-order valence-electron chi connectivity index (χ3n) is 5.94. The molecule has 4 rings (SSSR count). The Hall–Kier alpha value is -3.61. The number of fused-ring (bicyclic) bond motifs is 1. The number of carboxylic acids is 1. The lowest BCUT2D eigenvalue weighted by Crippen LogP contribution is -2.40. The molecule has 1 aliphatic carbocycles. The summed E-state index contributed by atoms with van der Waals surface area (Å²) in [4.78, 5) is 27.1. The van der Waals surface area contributed by atoms with Gasteiger partial charge in [0.25, 0.3) is 0 Å². The maximum atomic E-state index is 14.3. The van der Waals surface area contributed by atoms with Gasteiger partial charge in [-0.15, -0.1) is 0 Å². The van der Waals surface area contributed by atoms with Gasteiger partial charge in [-0.1, -0.05) is 12.8 Å². The molecule has 0 spiro atoms. The number of hydrogen-bond acceptors (Lipinski definition) is 3. The monoisotopic (exact) mass is 447 g/mol. The molecule has 2 aliphatic rings. The van der Waals surface area contributed by atoms with Gasteiger partial charge < -0.3 is 5.11 Å². The molecule has 2 aromatic rings. The molecular formula is C22H17F4N3O3. The minimum atomic E-state index is -4.77. The standard InChI is InChI=1S/C22H17F4N3O3/c23-17-10-14(7-8-15(17)20(30)31)29-19-4-2-1-3-18(19)28(21(29)32)13-6-5-12(11-27)16(9-13)22(24,25)26/h5-10,18-19H,1-4H2,(H,30,31)/t18-,19-/m1/s1. The summed E-state index contributed by atoms with van der Waals surface area (Å²) >= 11 is 0. The Balaban J connectivity index is 1.79. The predicted molar refractivity (Wildman–Crippen MR) is 106 cm³/mol. The van der Waals surface area contributed by atoms with Gasteiger partial charge in [-0.3, -0.25) is 9.80 Å². The SMILES string of the molecule is N#Cc1ccc(N2C(=O)N(c3ccc(C(=O)O)c(F)c3)[C@@H]3CCCC[C@H]32)cc1C(F)(F)F. The zero-order valence-corrected chi connectivity index (χ0v) is 16.6. The van der Waals surface area contributed by atoms with Crippen molar-refractivity contribution in [2.45, 2.75) is 43.9 Å². The molecular weight excluding hydrogens is 430 g/mol. The van der Waals surface area contributed by atoms with E-state index in [1.54, 1.807) is 0 Å². The maximum absolute atomic E-state index is 14.3. The zero-order chi connectivity index (χ0) is 23.2. The highest BCUT2D eigenvalue weighted by Crippen LogP contribution is 2.42. The quantitative estimate of drug-likeness (QED) is 0.658. The van der Waals surface area contributed by atoms with Crippen LogP contribution >= 0.6 is 0 Å². The number of benzene rings is 2. The Kier molecular flexibility index (Phi) is 5.28. The number of halogens is 4. The third kappa shape index (κ3) is 3.53. The second-order valence-electron chi connectivity index (χ2n) is 7.75. The van der Waals surface area contributed by atoms with Crippen molar-refractivity contribution in [1.29, 1.82) is 5.26 Å². The van der Waals surface area contributed by atoms with Gasteiger partial charge in [0.15, 0.2) is 0 Å². The largest absolute Gasteiger partial charge is 0.478 e. The highest BCUT2D eigenvalue weighted by molar-refractivity contribution is 6.08. The first-order valence-electron chi connectivity index (χ1n) is 9.90. The first kappa shape index (κ1) is 21.6. The molecule has 10 heteroatoms. The second kappa shape index (κ2) is 7.82. The molecule has 1 heterocycles. The van der Waals surface area contributed by atoms with E-state index in [0.717, 1.165) is 37.1 Å². The van der Waals surface area contributed by atoms with Crippen molar-refractivity contribution in [3.63, 3.8) is 0 Å². The van der Waals surface area contributed by atoms with E-state index in [1.165, 1.54) is 28.0 Å². The summed E-state index contributed by atoms with van der Waals surface area (Å²) in [6, 6.07) is 6.51. The number of rotatable bonds is 3. The van der Waals surface area contributed by atoms with E-state index in [-0.39, 0.29) is 11.4 Å². The number of nitrogens with zero attached hydrogens (tertiary/aromatic N) is 3. The Morgan fingerprint density at radius 1 is 1.03 bits per heavy atom. The van der Waals surface area contributed by atoms with Gasteiger partial charge in [-0.25, -0.2) is 14.0 Å². The highest BCUT2D eigenvalue weighted by atomic mass is 19.4. The fraction of sp³-hybridized carbons (Fsp3) is 0.318. The minimum absolute atomic E-state index is 0.00310. The van der Waals surface area contributed by atoms with Crippen LogP contribution in [0, 0.1) is 17.1 Å². The maximum Gasteiger partial charge on any atom is 0.417 e. The molecule has 6 nitrogen and oxygen atoms in total. The van der Waals surface area contributed by atoms with Crippen molar-refractivity contribution in [3.8, 4) is 6.07 Å². The molecule has 2 atom stereocenters. The van der Waals surface area contributed by atoms with Gasteiger partial charge in [0.1, 0.15) is 5.82 Å². The van der Waals surface area contributed by atoms with Crippen LogP contribution in [0.5, 0.6) is 0 Å². The molecule has 1 saturated carbocycles. The fourth-order valence-electron chi connectivity index (χ4n) is 4.54. The minimum Gasteiger partial charge on any atom is -0.478 e. The van der Waals surface area contributed by atoms with Crippen LogP contribution < -0.4 is 9.80 Å². The number of carbonyl (C=O) groups excluding carboxylic acids is 1. The lowest BCUT2D eigenvalue weighted by molar-refractivity contribution is -0.137. The van der Waals surface area contributed by atoms with Gasteiger partial charge in [0.05, 0.1) is 34.8 Å². The first-order chi connectivity index (χ1) is 15.1. The average Bonchev–Trinajstić information content (AvgIpc) is 3.04. The Bertz CT molecular complexity index is 1140. The molecule has 166 valence electrons. The smallest absolute Gasteiger partial charge is 0.417 e. The molecule has 0 unspecified atom stereocenters. The van der Waals surface area contributed by atoms with E-state index in [9.17, 15) is 27.2 Å². The van der Waals surface area contributed by atoms with Crippen LogP contribution in [-0.2, 0) is 6.18 Å². The van der Waals surface area contributed by atoms with Crippen LogP contribution in [0.2, 0.25) is 0 Å². The van der Waals surface area contributed by atoms with E-state index >= 15 is 0 Å². The molecule has 32 heavy (non-hydrogen) atoms. The van der Waals surface area contributed by atoms with Crippen LogP contribution in [0.15, 0.2) is 36.4 Å². The third-order valence-corrected chi connectivity index (χ3v) is 5.94. The number of nitriles is 1. The average molecular weight is 447 g/mol. The van der Waals surface area contributed by atoms with Crippen LogP contribution in [0.4, 0.5) is 33.7 Å². The van der Waals surface area contributed by atoms with Crippen molar-refractivity contribution in [1.82, 2.24) is 0 Å². The van der Waals surface area contributed by atoms with Gasteiger partial charge in [0, 0.05) is 11.4 Å². The summed E-state index contributed by atoms with van der Waals surface area (Å²) in [7, 11) is 0. The summed E-state index contributed by atoms with van der Waals surface area (Å²) in [5, 5.41) is 18.1. The summed E-state index contributed by atoms with van der Waals surface area (Å²) in [5.41, 5.74) is -2.08. The molecule has 1 saturated heterocycles. The zero-order valence-electron chi connectivity index (χ0n) is 16.6. The number of aromatic carboxylic acids is 1. The second-order valence-corrected chi connectivity index (χ2v) is 7.75. The predicted octanol–water partition coefficient (Wildman–Crippen LogP) is 5.17. The summed E-state index contributed by atoms with van der Waals surface area (Å²) in [6.07, 6.45) is -2.10. The van der Waals surface area contributed by atoms with Crippen molar-refractivity contribution in [2.75, 3.05) is 9.80 Å². The number of amides is 2. The van der Waals surface area contributed by atoms with Crippen molar-refractivity contribution >= 4 is 23.4 Å². The van der Waals surface area contributed by atoms with Crippen molar-refractivity contribution < 1.29 is 32.3 Å². The van der Waals surface area contributed by atoms with Crippen LogP contribution in [0.3, 0.4) is 0 Å². The van der Waals surface area contributed by atoms with E-state index in [1.807, 2.05) is 0 Å². The van der Waals surface area contributed by atoms with Gasteiger partial charge in [-0.2, -0.15) is 18.4 Å². The number of carbonyl (C=O) groups is 2. The fourth-order valence-corrected chi connectivity index (χ4v) is 4.54. The number of alkyl halides is 3. The molecule has 1 aliphatic heterocycles. The van der Waals surface area contributed by atoms with Crippen molar-refractivity contribution in [3.05, 3.63) is 58.9 Å². The number of anilines is 2. The number of urea groups is 1. The lowest BCUT2D eigenvalue weighted by Gasteiger charge is -2.32. The first-order valence-corrected chi connectivity index (χ1v) is 9.90. The molecule has 2 aromatic carbocycles. The molecule has 2 fully saturated rings. The summed E-state index contributed by atoms with van der Waals surface area (Å²) in [5.74, 6) is -2.46. The van der Waals surface area contributed by atoms with Gasteiger partial charge in [0.2, 0.25) is 0 Å². The molecule has 1 N–H and O–H groups in total. The van der Waals surface area contributed by atoms with Crippen LogP contribution in [-0.4, -0.2) is 29.2 Å². The summed E-state index contributed by atoms with van der Waals surface area (Å²) < 4.78 is 54.7. The van der Waals surface area contributed by atoms with Crippen LogP contribution in [0.25, 0.3) is 0 Å². The normalized spacial score (nSPS) is 20.8. The molecule has 0 radical (unpaired) electrons. The van der Waals surface area contributed by atoms with E-state index < -0.39 is 52.8 Å². The Morgan fingerprint density at radius 3 is 2.09 bits per heavy atom. The van der Waals surface area contributed by atoms with Crippen LogP contribution in [0.1, 0.15) is 47.2 Å². The summed E-state index contributed by atoms with van der Waals surface area (Å²) in [6.45, 7) is 0. The Morgan fingerprint density at radius 2 is 1.59 bits per heavy atom. The van der Waals surface area contributed by atoms with Gasteiger partial charge >= 0.3 is 18.2 Å². The van der Waals surface area contributed by atoms with E-state index in [0.29, 0.717) is 12.8 Å². The number of carboxylic acid groups (broad SMARTS) is 1. The Labute approximate surface area is 180 Å². The number of hydrogen-bond donors (Lipinski definition) is 1. The molecule has 2 amide bonds.